The molecule has 1 aliphatic carbocycles. The maximum atomic E-state index is 12.6. The number of sulfone groups is 1. The SMILES string of the molecule is CN(C(=O)CNC(=O)C1(S(C)(=O)=O)CCNCC1)C1CCCCC1.Cl. The van der Waals surface area contributed by atoms with Gasteiger partial charge in [-0.2, -0.15) is 0 Å². The predicted molar refractivity (Wildman–Crippen MR) is 99.6 cm³/mol. The van der Waals surface area contributed by atoms with Crippen LogP contribution in [0.5, 0.6) is 0 Å². The Morgan fingerprint density at radius 3 is 2.24 bits per heavy atom. The number of nitrogens with zero attached hydrogens (tertiary/aromatic N) is 1. The molecule has 0 bridgehead atoms. The quantitative estimate of drug-likeness (QED) is 0.706. The first-order valence-electron chi connectivity index (χ1n) is 8.72. The van der Waals surface area contributed by atoms with Crippen LogP contribution in [0.4, 0.5) is 0 Å². The van der Waals surface area contributed by atoms with E-state index in [-0.39, 0.29) is 43.7 Å². The molecule has 0 aromatic heterocycles. The lowest BCUT2D eigenvalue weighted by Gasteiger charge is -2.35. The summed E-state index contributed by atoms with van der Waals surface area (Å²) in [6.07, 6.45) is 7.03. The summed E-state index contributed by atoms with van der Waals surface area (Å²) in [5, 5.41) is 5.66. The van der Waals surface area contributed by atoms with E-state index in [9.17, 15) is 18.0 Å². The minimum atomic E-state index is -3.55. The van der Waals surface area contributed by atoms with Gasteiger partial charge in [-0.25, -0.2) is 8.42 Å². The van der Waals surface area contributed by atoms with Crippen molar-refractivity contribution in [1.82, 2.24) is 15.5 Å². The van der Waals surface area contributed by atoms with E-state index in [1.54, 1.807) is 11.9 Å². The maximum absolute atomic E-state index is 12.6. The minimum Gasteiger partial charge on any atom is -0.346 e. The van der Waals surface area contributed by atoms with Crippen molar-refractivity contribution in [2.75, 3.05) is 32.9 Å². The van der Waals surface area contributed by atoms with Gasteiger partial charge in [-0.05, 0) is 38.8 Å². The monoisotopic (exact) mass is 395 g/mol. The number of likely N-dealkylation sites (N-methyl/N-ethyl adjacent to an activating group) is 1. The molecule has 0 aromatic rings. The van der Waals surface area contributed by atoms with Crippen molar-refractivity contribution in [3.8, 4) is 0 Å². The van der Waals surface area contributed by atoms with Gasteiger partial charge < -0.3 is 15.5 Å². The Balaban J connectivity index is 0.00000312. The van der Waals surface area contributed by atoms with Crippen LogP contribution in [0, 0.1) is 0 Å². The lowest BCUT2D eigenvalue weighted by atomic mass is 9.94. The lowest BCUT2D eigenvalue weighted by Crippen LogP contribution is -2.58. The molecule has 7 nitrogen and oxygen atoms in total. The van der Waals surface area contributed by atoms with Crippen molar-refractivity contribution >= 4 is 34.1 Å². The van der Waals surface area contributed by atoms with Crippen molar-refractivity contribution in [3.05, 3.63) is 0 Å². The first kappa shape index (κ1) is 22.2. The molecule has 1 saturated heterocycles. The topological polar surface area (TPSA) is 95.6 Å². The van der Waals surface area contributed by atoms with E-state index in [0.29, 0.717) is 13.1 Å². The molecule has 2 aliphatic rings. The summed E-state index contributed by atoms with van der Waals surface area (Å²) in [5.41, 5.74) is 0. The number of hydrogen-bond acceptors (Lipinski definition) is 5. The average molecular weight is 396 g/mol. The van der Waals surface area contributed by atoms with Gasteiger partial charge in [0.2, 0.25) is 11.8 Å². The molecule has 0 spiro atoms. The van der Waals surface area contributed by atoms with Gasteiger partial charge in [0.15, 0.2) is 14.6 Å². The highest BCUT2D eigenvalue weighted by Gasteiger charge is 2.48. The van der Waals surface area contributed by atoms with Crippen molar-refractivity contribution in [2.24, 2.45) is 0 Å². The van der Waals surface area contributed by atoms with E-state index in [1.165, 1.54) is 6.42 Å². The summed E-state index contributed by atoms with van der Waals surface area (Å²) in [4.78, 5) is 26.6. The third-order valence-corrected chi connectivity index (χ3v) is 7.46. The normalized spacial score (nSPS) is 21.0. The van der Waals surface area contributed by atoms with Crippen molar-refractivity contribution in [3.63, 3.8) is 0 Å². The van der Waals surface area contributed by atoms with Crippen LogP contribution in [-0.2, 0) is 19.4 Å². The summed E-state index contributed by atoms with van der Waals surface area (Å²) in [6, 6.07) is 0.228. The number of rotatable bonds is 5. The van der Waals surface area contributed by atoms with Crippen LogP contribution in [0.15, 0.2) is 0 Å². The Kier molecular flexibility index (Phi) is 8.15. The average Bonchev–Trinajstić information content (AvgIpc) is 2.59. The molecular weight excluding hydrogens is 366 g/mol. The van der Waals surface area contributed by atoms with E-state index in [1.807, 2.05) is 0 Å². The van der Waals surface area contributed by atoms with Crippen molar-refractivity contribution < 1.29 is 18.0 Å². The number of carbonyl (C=O) groups is 2. The van der Waals surface area contributed by atoms with Crippen molar-refractivity contribution in [2.45, 2.75) is 55.7 Å². The number of amides is 2. The third kappa shape index (κ3) is 5.08. The molecule has 146 valence electrons. The van der Waals surface area contributed by atoms with Gasteiger partial charge in [0.05, 0.1) is 6.54 Å². The second-order valence-corrected chi connectivity index (χ2v) is 9.32. The van der Waals surface area contributed by atoms with E-state index in [0.717, 1.165) is 31.9 Å². The summed E-state index contributed by atoms with van der Waals surface area (Å²) in [7, 11) is -1.79. The fourth-order valence-corrected chi connectivity index (χ4v) is 5.07. The Morgan fingerprint density at radius 2 is 1.72 bits per heavy atom. The van der Waals surface area contributed by atoms with Crippen LogP contribution in [0.25, 0.3) is 0 Å². The molecule has 1 aliphatic heterocycles. The van der Waals surface area contributed by atoms with Gasteiger partial charge in [0.25, 0.3) is 0 Å². The molecule has 9 heteroatoms. The van der Waals surface area contributed by atoms with Crippen LogP contribution >= 0.6 is 12.4 Å². The highest BCUT2D eigenvalue weighted by molar-refractivity contribution is 7.92. The summed E-state index contributed by atoms with van der Waals surface area (Å²) in [6.45, 7) is 0.823. The van der Waals surface area contributed by atoms with E-state index < -0.39 is 20.5 Å². The van der Waals surface area contributed by atoms with Gasteiger partial charge in [0, 0.05) is 19.3 Å². The minimum absolute atomic E-state index is 0. The van der Waals surface area contributed by atoms with E-state index in [2.05, 4.69) is 10.6 Å². The van der Waals surface area contributed by atoms with Crippen LogP contribution in [0.2, 0.25) is 0 Å². The van der Waals surface area contributed by atoms with E-state index >= 15 is 0 Å². The predicted octanol–water partition coefficient (Wildman–Crippen LogP) is 0.482. The van der Waals surface area contributed by atoms with Crippen LogP contribution in [0.1, 0.15) is 44.9 Å². The fourth-order valence-electron chi connectivity index (χ4n) is 3.71. The molecule has 2 N–H and O–H groups in total. The number of nitrogens with one attached hydrogen (secondary N) is 2. The Bertz CT molecular complexity index is 570. The zero-order chi connectivity index (χ0) is 17.8. The van der Waals surface area contributed by atoms with Gasteiger partial charge in [-0.15, -0.1) is 12.4 Å². The number of carbonyl (C=O) groups excluding carboxylic acids is 2. The molecule has 1 saturated carbocycles. The molecule has 1 heterocycles. The van der Waals surface area contributed by atoms with Crippen LogP contribution in [0.3, 0.4) is 0 Å². The molecule has 2 rings (SSSR count). The third-order valence-electron chi connectivity index (χ3n) is 5.45. The first-order valence-corrected chi connectivity index (χ1v) is 10.6. The zero-order valence-electron chi connectivity index (χ0n) is 15.0. The Hall–Kier alpha value is -0.860. The molecule has 2 amide bonds. The van der Waals surface area contributed by atoms with Crippen LogP contribution in [-0.4, -0.2) is 68.9 Å². The second kappa shape index (κ2) is 9.19. The number of piperidine rings is 1. The maximum Gasteiger partial charge on any atom is 0.241 e. The summed E-state index contributed by atoms with van der Waals surface area (Å²) < 4.78 is 23.0. The Morgan fingerprint density at radius 1 is 1.16 bits per heavy atom. The molecule has 0 atom stereocenters. The van der Waals surface area contributed by atoms with Gasteiger partial charge in [-0.1, -0.05) is 19.3 Å². The smallest absolute Gasteiger partial charge is 0.241 e. The summed E-state index contributed by atoms with van der Waals surface area (Å²) in [5.74, 6) is -0.704. The van der Waals surface area contributed by atoms with Crippen molar-refractivity contribution in [1.29, 1.82) is 0 Å². The largest absolute Gasteiger partial charge is 0.346 e. The van der Waals surface area contributed by atoms with Gasteiger partial charge in [-0.3, -0.25) is 9.59 Å². The highest BCUT2D eigenvalue weighted by Crippen LogP contribution is 2.28. The number of halogens is 1. The summed E-state index contributed by atoms with van der Waals surface area (Å²) >= 11 is 0. The van der Waals surface area contributed by atoms with Gasteiger partial charge >= 0.3 is 0 Å². The molecule has 0 aromatic carbocycles. The first-order chi connectivity index (χ1) is 11.3. The fraction of sp³-hybridized carbons (Fsp3) is 0.875. The highest BCUT2D eigenvalue weighted by atomic mass is 35.5. The second-order valence-electron chi connectivity index (χ2n) is 7.00. The molecule has 25 heavy (non-hydrogen) atoms. The molecular formula is C16H30ClN3O4S. The Labute approximate surface area is 156 Å². The van der Waals surface area contributed by atoms with Gasteiger partial charge in [0.1, 0.15) is 0 Å². The van der Waals surface area contributed by atoms with Crippen LogP contribution < -0.4 is 10.6 Å². The molecule has 0 unspecified atom stereocenters. The number of hydrogen-bond donors (Lipinski definition) is 2. The lowest BCUT2D eigenvalue weighted by molar-refractivity contribution is -0.134. The molecule has 2 fully saturated rings. The molecule has 0 radical (unpaired) electrons. The standard InChI is InChI=1S/C16H29N3O4S.ClH/c1-19(13-6-4-3-5-7-13)14(20)12-18-15(21)16(24(2,22)23)8-10-17-11-9-16;/h13,17H,3-12H2,1-2H3,(H,18,21);1H. The zero-order valence-corrected chi connectivity index (χ0v) is 16.7. The van der Waals surface area contributed by atoms with E-state index in [4.69, 9.17) is 0 Å².